The molecule has 0 unspecified atom stereocenters. The summed E-state index contributed by atoms with van der Waals surface area (Å²) in [6.07, 6.45) is 16.0. The maximum absolute atomic E-state index is 2.29. The molecule has 0 aromatic carbocycles. The lowest BCUT2D eigenvalue weighted by atomic mass is 10.2. The molecule has 1 radical (unpaired) electrons. The molecule has 0 bridgehead atoms. The molecule has 1 aliphatic rings. The van der Waals surface area contributed by atoms with Crippen molar-refractivity contribution < 1.29 is 0 Å². The Kier molecular flexibility index (Phi) is 3.20. The third kappa shape index (κ3) is 3.12. The number of hydrogen-bond donors (Lipinski definition) is 0. The molecule has 0 amide bonds. The van der Waals surface area contributed by atoms with Crippen LogP contribution in [0.5, 0.6) is 0 Å². The van der Waals surface area contributed by atoms with E-state index in [1.165, 1.54) is 12.8 Å². The molecule has 0 heteroatoms. The van der Waals surface area contributed by atoms with Crippen molar-refractivity contribution >= 4 is 0 Å². The van der Waals surface area contributed by atoms with Gasteiger partial charge in [0.1, 0.15) is 0 Å². The van der Waals surface area contributed by atoms with Gasteiger partial charge in [0.2, 0.25) is 0 Å². The third-order valence-electron chi connectivity index (χ3n) is 1.44. The molecule has 0 aliphatic heterocycles. The summed E-state index contributed by atoms with van der Waals surface area (Å²) in [6.45, 7) is 0. The highest BCUT2D eigenvalue weighted by Crippen LogP contribution is 2.03. The van der Waals surface area contributed by atoms with E-state index in [1.54, 1.807) is 0 Å². The van der Waals surface area contributed by atoms with Gasteiger partial charge in [-0.15, -0.1) is 0 Å². The molecule has 0 aromatic heterocycles. The van der Waals surface area contributed by atoms with E-state index in [9.17, 15) is 0 Å². The molecule has 49 valence electrons. The molecule has 0 aromatic rings. The van der Waals surface area contributed by atoms with Crippen molar-refractivity contribution in [1.29, 1.82) is 0 Å². The highest BCUT2D eigenvalue weighted by Gasteiger charge is 1.84. The maximum Gasteiger partial charge on any atom is -0.0311 e. The first-order valence-corrected chi connectivity index (χ1v) is 3.62. The second-order valence-corrected chi connectivity index (χ2v) is 2.28. The third-order valence-corrected chi connectivity index (χ3v) is 1.44. The number of hydrogen-bond acceptors (Lipinski definition) is 0. The Hall–Kier alpha value is -0.520. The zero-order valence-corrected chi connectivity index (χ0v) is 5.72. The van der Waals surface area contributed by atoms with E-state index in [-0.39, 0.29) is 0 Å². The van der Waals surface area contributed by atoms with Crippen LogP contribution in [0.15, 0.2) is 24.3 Å². The average molecular weight is 121 g/mol. The second kappa shape index (κ2) is 4.37. The van der Waals surface area contributed by atoms with Crippen LogP contribution in [0.3, 0.4) is 0 Å². The van der Waals surface area contributed by atoms with Gasteiger partial charge in [0.15, 0.2) is 0 Å². The van der Waals surface area contributed by atoms with Crippen LogP contribution < -0.4 is 0 Å². The van der Waals surface area contributed by atoms with E-state index in [1.807, 2.05) is 0 Å². The van der Waals surface area contributed by atoms with E-state index in [0.717, 1.165) is 12.8 Å². The Labute approximate surface area is 57.3 Å². The maximum atomic E-state index is 2.29. The van der Waals surface area contributed by atoms with Crippen LogP contribution in [0.25, 0.3) is 0 Å². The molecule has 0 N–H and O–H groups in total. The number of rotatable bonds is 0. The van der Waals surface area contributed by atoms with Gasteiger partial charge in [-0.3, -0.25) is 0 Å². The van der Waals surface area contributed by atoms with Gasteiger partial charge in [-0.25, -0.2) is 0 Å². The monoisotopic (exact) mass is 121 g/mol. The SMILES string of the molecule is [CH]1CC=CCCC=CC1. The van der Waals surface area contributed by atoms with Crippen molar-refractivity contribution in [3.05, 3.63) is 30.7 Å². The van der Waals surface area contributed by atoms with E-state index in [4.69, 9.17) is 0 Å². The summed E-state index contributed by atoms with van der Waals surface area (Å²) < 4.78 is 0. The zero-order valence-electron chi connectivity index (χ0n) is 5.72. The van der Waals surface area contributed by atoms with Crippen molar-refractivity contribution in [2.45, 2.75) is 25.7 Å². The molecule has 1 rings (SSSR count). The summed E-state index contributed by atoms with van der Waals surface area (Å²) in [5, 5.41) is 0. The van der Waals surface area contributed by atoms with Crippen LogP contribution in [0.1, 0.15) is 25.7 Å². The van der Waals surface area contributed by atoms with Gasteiger partial charge in [-0.05, 0) is 32.1 Å². The summed E-state index contributed by atoms with van der Waals surface area (Å²) in [6, 6.07) is 0. The molecule has 0 atom stereocenters. The number of allylic oxidation sites excluding steroid dienone is 4. The fourth-order valence-corrected chi connectivity index (χ4v) is 0.909. The molecule has 0 saturated heterocycles. The molecule has 9 heavy (non-hydrogen) atoms. The lowest BCUT2D eigenvalue weighted by Gasteiger charge is -1.85. The van der Waals surface area contributed by atoms with Crippen molar-refractivity contribution in [2.24, 2.45) is 0 Å². The van der Waals surface area contributed by atoms with Crippen LogP contribution >= 0.6 is 0 Å². The fraction of sp³-hybridized carbons (Fsp3) is 0.444. The van der Waals surface area contributed by atoms with Crippen molar-refractivity contribution in [1.82, 2.24) is 0 Å². The van der Waals surface area contributed by atoms with Gasteiger partial charge < -0.3 is 0 Å². The van der Waals surface area contributed by atoms with Gasteiger partial charge in [0.25, 0.3) is 0 Å². The molecule has 0 fully saturated rings. The minimum Gasteiger partial charge on any atom is -0.0882 e. The molecule has 0 saturated carbocycles. The van der Waals surface area contributed by atoms with Crippen LogP contribution in [-0.4, -0.2) is 0 Å². The molecular formula is C9H13. The lowest BCUT2D eigenvalue weighted by Crippen LogP contribution is -1.67. The van der Waals surface area contributed by atoms with Gasteiger partial charge >= 0.3 is 0 Å². The summed E-state index contributed by atoms with van der Waals surface area (Å²) in [5.74, 6) is 0. The zero-order chi connectivity index (χ0) is 6.36. The fourth-order valence-electron chi connectivity index (χ4n) is 0.909. The van der Waals surface area contributed by atoms with Crippen LogP contribution in [0.4, 0.5) is 0 Å². The van der Waals surface area contributed by atoms with Gasteiger partial charge in [0.05, 0.1) is 0 Å². The summed E-state index contributed by atoms with van der Waals surface area (Å²) in [5.41, 5.74) is 0. The Bertz CT molecular complexity index is 95.2. The van der Waals surface area contributed by atoms with Crippen LogP contribution in [-0.2, 0) is 0 Å². The predicted octanol–water partition coefficient (Wildman–Crippen LogP) is 2.88. The minimum absolute atomic E-state index is 1.14. The topological polar surface area (TPSA) is 0 Å². The Morgan fingerprint density at radius 2 is 1.22 bits per heavy atom. The van der Waals surface area contributed by atoms with Crippen molar-refractivity contribution in [2.75, 3.05) is 0 Å². The Morgan fingerprint density at radius 1 is 0.667 bits per heavy atom. The van der Waals surface area contributed by atoms with E-state index in [2.05, 4.69) is 30.7 Å². The first-order chi connectivity index (χ1) is 4.50. The molecule has 0 heterocycles. The highest BCUT2D eigenvalue weighted by atomic mass is 13.9. The second-order valence-electron chi connectivity index (χ2n) is 2.28. The van der Waals surface area contributed by atoms with Crippen molar-refractivity contribution in [3.8, 4) is 0 Å². The Morgan fingerprint density at radius 3 is 1.78 bits per heavy atom. The largest absolute Gasteiger partial charge is 0.0882 e. The summed E-state index contributed by atoms with van der Waals surface area (Å²) in [4.78, 5) is 0. The summed E-state index contributed by atoms with van der Waals surface area (Å²) in [7, 11) is 0. The lowest BCUT2D eigenvalue weighted by molar-refractivity contribution is 1.05. The minimum atomic E-state index is 1.14. The standard InChI is InChI=1S/C9H13/c1-2-4-6-8-9-7-5-3-1/h1-2,5,8-9H,3-4,6-7H2. The molecule has 0 spiro atoms. The van der Waals surface area contributed by atoms with E-state index >= 15 is 0 Å². The summed E-state index contributed by atoms with van der Waals surface area (Å²) >= 11 is 0. The molecule has 1 aliphatic carbocycles. The van der Waals surface area contributed by atoms with E-state index in [0.29, 0.717) is 0 Å². The molecule has 0 nitrogen and oxygen atoms in total. The smallest absolute Gasteiger partial charge is 0.0311 e. The Balaban J connectivity index is 2.28. The van der Waals surface area contributed by atoms with Crippen LogP contribution in [0.2, 0.25) is 0 Å². The quantitative estimate of drug-likeness (QED) is 0.432. The predicted molar refractivity (Wildman–Crippen MR) is 41.0 cm³/mol. The van der Waals surface area contributed by atoms with Gasteiger partial charge in [0, 0.05) is 0 Å². The first kappa shape index (κ1) is 6.60. The highest BCUT2D eigenvalue weighted by molar-refractivity contribution is 4.96. The normalized spacial score (nSPS) is 20.4. The van der Waals surface area contributed by atoms with Gasteiger partial charge in [-0.2, -0.15) is 0 Å². The van der Waals surface area contributed by atoms with E-state index < -0.39 is 0 Å². The van der Waals surface area contributed by atoms with Crippen molar-refractivity contribution in [3.63, 3.8) is 0 Å². The van der Waals surface area contributed by atoms with Gasteiger partial charge in [-0.1, -0.05) is 24.3 Å². The molecular weight excluding hydrogens is 108 g/mol. The van der Waals surface area contributed by atoms with Crippen LogP contribution in [0, 0.1) is 6.42 Å². The average Bonchev–Trinajstić information content (AvgIpc) is 2.00. The first-order valence-electron chi connectivity index (χ1n) is 3.62.